The summed E-state index contributed by atoms with van der Waals surface area (Å²) < 4.78 is 0. The van der Waals surface area contributed by atoms with Gasteiger partial charge in [-0.1, -0.05) is 12.1 Å². The Kier molecular flexibility index (Phi) is 6.81. The van der Waals surface area contributed by atoms with Crippen molar-refractivity contribution in [1.82, 2.24) is 10.2 Å². The quantitative estimate of drug-likeness (QED) is 0.700. The Hall–Kier alpha value is -2.67. The molecule has 0 aliphatic carbocycles. The van der Waals surface area contributed by atoms with E-state index in [1.54, 1.807) is 17.5 Å². The van der Waals surface area contributed by atoms with E-state index in [1.807, 2.05) is 29.3 Å². The molecule has 148 valence electrons. The Balaban J connectivity index is 1.53. The highest BCUT2D eigenvalue weighted by Crippen LogP contribution is 2.24. The lowest BCUT2D eigenvalue weighted by Gasteiger charge is -2.19. The molecule has 0 radical (unpaired) electrons. The third-order valence-electron chi connectivity index (χ3n) is 4.80. The van der Waals surface area contributed by atoms with Gasteiger partial charge in [-0.15, -0.1) is 0 Å². The number of thiophene rings is 1. The number of carbonyl (C=O) groups excluding carboxylic acids is 3. The molecule has 7 heteroatoms. The highest BCUT2D eigenvalue weighted by Gasteiger charge is 2.24. The number of aryl methyl sites for hydroxylation is 1. The van der Waals surface area contributed by atoms with Crippen LogP contribution in [0, 0.1) is 6.92 Å². The topological polar surface area (TPSA) is 78.5 Å². The molecule has 3 amide bonds. The van der Waals surface area contributed by atoms with Crippen molar-refractivity contribution in [3.63, 3.8) is 0 Å². The van der Waals surface area contributed by atoms with Gasteiger partial charge in [-0.25, -0.2) is 0 Å². The van der Waals surface area contributed by atoms with Crippen molar-refractivity contribution in [3.8, 4) is 0 Å². The second-order valence-electron chi connectivity index (χ2n) is 6.92. The summed E-state index contributed by atoms with van der Waals surface area (Å²) in [4.78, 5) is 38.9. The van der Waals surface area contributed by atoms with Crippen molar-refractivity contribution in [1.29, 1.82) is 0 Å². The van der Waals surface area contributed by atoms with Crippen LogP contribution in [0.25, 0.3) is 0 Å². The molecule has 0 unspecified atom stereocenters. The maximum Gasteiger partial charge on any atom is 0.256 e. The smallest absolute Gasteiger partial charge is 0.256 e. The van der Waals surface area contributed by atoms with Gasteiger partial charge < -0.3 is 15.5 Å². The summed E-state index contributed by atoms with van der Waals surface area (Å²) in [5.41, 5.74) is 2.63. The summed E-state index contributed by atoms with van der Waals surface area (Å²) in [5, 5.41) is 9.32. The maximum absolute atomic E-state index is 12.8. The van der Waals surface area contributed by atoms with E-state index in [9.17, 15) is 14.4 Å². The molecule has 1 fully saturated rings. The van der Waals surface area contributed by atoms with E-state index in [2.05, 4.69) is 10.6 Å². The van der Waals surface area contributed by atoms with Crippen LogP contribution in [0.4, 0.5) is 5.69 Å². The molecule has 0 spiro atoms. The van der Waals surface area contributed by atoms with Gasteiger partial charge in [0.2, 0.25) is 5.91 Å². The Bertz CT molecular complexity index is 843. The van der Waals surface area contributed by atoms with Gasteiger partial charge >= 0.3 is 0 Å². The number of likely N-dealkylation sites (tertiary alicyclic amines) is 1. The van der Waals surface area contributed by atoms with Gasteiger partial charge in [-0.3, -0.25) is 14.4 Å². The van der Waals surface area contributed by atoms with Gasteiger partial charge in [-0.05, 0) is 49.3 Å². The first kappa shape index (κ1) is 20.1. The van der Waals surface area contributed by atoms with Crippen LogP contribution >= 0.6 is 11.3 Å². The van der Waals surface area contributed by atoms with E-state index in [1.165, 1.54) is 11.3 Å². The first-order valence-corrected chi connectivity index (χ1v) is 10.5. The summed E-state index contributed by atoms with van der Waals surface area (Å²) in [6, 6.07) is 7.27. The molecule has 1 aliphatic rings. The van der Waals surface area contributed by atoms with Crippen LogP contribution in [-0.2, 0) is 4.79 Å². The number of benzene rings is 1. The number of carbonyl (C=O) groups is 3. The average Bonchev–Trinajstić information content (AvgIpc) is 3.38. The first-order chi connectivity index (χ1) is 13.6. The van der Waals surface area contributed by atoms with E-state index in [0.29, 0.717) is 29.8 Å². The molecule has 0 bridgehead atoms. The number of amides is 3. The molecular formula is C21H25N3O3S. The molecule has 1 saturated heterocycles. The number of hydrogen-bond donors (Lipinski definition) is 2. The molecule has 1 aromatic heterocycles. The van der Waals surface area contributed by atoms with E-state index in [4.69, 9.17) is 0 Å². The van der Waals surface area contributed by atoms with Crippen LogP contribution in [0.5, 0.6) is 0 Å². The van der Waals surface area contributed by atoms with Gasteiger partial charge in [0.05, 0.1) is 11.3 Å². The van der Waals surface area contributed by atoms with Crippen molar-refractivity contribution in [2.24, 2.45) is 0 Å². The minimum Gasteiger partial charge on any atom is -0.352 e. The van der Waals surface area contributed by atoms with Crippen molar-refractivity contribution >= 4 is 34.7 Å². The number of nitrogens with one attached hydrogen (secondary N) is 2. The van der Waals surface area contributed by atoms with E-state index in [0.717, 1.165) is 31.5 Å². The van der Waals surface area contributed by atoms with E-state index >= 15 is 0 Å². The molecule has 0 saturated carbocycles. The normalized spacial score (nSPS) is 13.4. The van der Waals surface area contributed by atoms with Gasteiger partial charge in [0.1, 0.15) is 0 Å². The van der Waals surface area contributed by atoms with E-state index < -0.39 is 0 Å². The molecular weight excluding hydrogens is 374 g/mol. The lowest BCUT2D eigenvalue weighted by Crippen LogP contribution is -2.29. The van der Waals surface area contributed by atoms with Gasteiger partial charge in [0.15, 0.2) is 0 Å². The van der Waals surface area contributed by atoms with Crippen molar-refractivity contribution in [2.45, 2.75) is 32.6 Å². The molecule has 1 aromatic carbocycles. The number of rotatable bonds is 7. The number of anilines is 1. The minimum absolute atomic E-state index is 0.0195. The summed E-state index contributed by atoms with van der Waals surface area (Å²) in [6.45, 7) is 3.85. The largest absolute Gasteiger partial charge is 0.352 e. The van der Waals surface area contributed by atoms with Crippen molar-refractivity contribution in [3.05, 3.63) is 51.7 Å². The van der Waals surface area contributed by atoms with Crippen LogP contribution in [-0.4, -0.2) is 42.3 Å². The van der Waals surface area contributed by atoms with Gasteiger partial charge in [-0.2, -0.15) is 11.3 Å². The average molecular weight is 400 g/mol. The Labute approximate surface area is 168 Å². The third-order valence-corrected chi connectivity index (χ3v) is 5.49. The number of hydrogen-bond acceptors (Lipinski definition) is 4. The van der Waals surface area contributed by atoms with Crippen molar-refractivity contribution < 1.29 is 14.4 Å². The highest BCUT2D eigenvalue weighted by atomic mass is 32.1. The standard InChI is InChI=1S/C21H25N3O3S/c1-15-6-4-7-17(19(15)21(27)24-11-2-3-12-24)23-18(25)8-5-10-22-20(26)16-9-13-28-14-16/h4,6-7,9,13-14H,2-3,5,8,10-12H2,1H3,(H,22,26)(H,23,25). The van der Waals surface area contributed by atoms with Gasteiger partial charge in [0.25, 0.3) is 11.8 Å². The van der Waals surface area contributed by atoms with Crippen LogP contribution in [0.2, 0.25) is 0 Å². The predicted octanol–water partition coefficient (Wildman–Crippen LogP) is 3.44. The maximum atomic E-state index is 12.8. The Morgan fingerprint density at radius 2 is 1.93 bits per heavy atom. The summed E-state index contributed by atoms with van der Waals surface area (Å²) >= 11 is 1.47. The highest BCUT2D eigenvalue weighted by molar-refractivity contribution is 7.08. The summed E-state index contributed by atoms with van der Waals surface area (Å²) in [7, 11) is 0. The zero-order chi connectivity index (χ0) is 19.9. The lowest BCUT2D eigenvalue weighted by atomic mass is 10.0. The monoisotopic (exact) mass is 399 g/mol. The fourth-order valence-corrected chi connectivity index (χ4v) is 3.93. The second kappa shape index (κ2) is 9.50. The Morgan fingerprint density at radius 1 is 1.14 bits per heavy atom. The number of nitrogens with zero attached hydrogens (tertiary/aromatic N) is 1. The molecule has 2 heterocycles. The fraction of sp³-hybridized carbons (Fsp3) is 0.381. The van der Waals surface area contributed by atoms with Crippen LogP contribution in [0.1, 0.15) is 52.0 Å². The molecule has 3 rings (SSSR count). The fourth-order valence-electron chi connectivity index (χ4n) is 3.29. The summed E-state index contributed by atoms with van der Waals surface area (Å²) in [5.74, 6) is -0.307. The molecule has 0 atom stereocenters. The van der Waals surface area contributed by atoms with Crippen LogP contribution in [0.15, 0.2) is 35.0 Å². The Morgan fingerprint density at radius 3 is 2.64 bits per heavy atom. The van der Waals surface area contributed by atoms with Crippen LogP contribution < -0.4 is 10.6 Å². The van der Waals surface area contributed by atoms with Crippen molar-refractivity contribution in [2.75, 3.05) is 25.0 Å². The lowest BCUT2D eigenvalue weighted by molar-refractivity contribution is -0.116. The molecule has 28 heavy (non-hydrogen) atoms. The molecule has 2 N–H and O–H groups in total. The minimum atomic E-state index is -0.161. The SMILES string of the molecule is Cc1cccc(NC(=O)CCCNC(=O)c2ccsc2)c1C(=O)N1CCCC1. The molecule has 6 nitrogen and oxygen atoms in total. The molecule has 2 aromatic rings. The molecule has 1 aliphatic heterocycles. The van der Waals surface area contributed by atoms with Gasteiger partial charge in [0, 0.05) is 37.0 Å². The first-order valence-electron chi connectivity index (χ1n) is 9.55. The summed E-state index contributed by atoms with van der Waals surface area (Å²) in [6.07, 6.45) is 2.85. The zero-order valence-electron chi connectivity index (χ0n) is 16.0. The van der Waals surface area contributed by atoms with Crippen LogP contribution in [0.3, 0.4) is 0 Å². The zero-order valence-corrected chi connectivity index (χ0v) is 16.8. The second-order valence-corrected chi connectivity index (χ2v) is 7.70. The predicted molar refractivity (Wildman–Crippen MR) is 111 cm³/mol. The third kappa shape index (κ3) is 4.98. The van der Waals surface area contributed by atoms with E-state index in [-0.39, 0.29) is 24.1 Å².